The van der Waals surface area contributed by atoms with Gasteiger partial charge in [0.1, 0.15) is 0 Å². The Morgan fingerprint density at radius 1 is 1.50 bits per heavy atom. The molecule has 0 aliphatic carbocycles. The van der Waals surface area contributed by atoms with E-state index in [4.69, 9.17) is 5.11 Å². The van der Waals surface area contributed by atoms with Gasteiger partial charge in [0.05, 0.1) is 11.0 Å². The van der Waals surface area contributed by atoms with E-state index >= 15 is 0 Å². The van der Waals surface area contributed by atoms with Gasteiger partial charge in [-0.15, -0.1) is 0 Å². The lowest BCUT2D eigenvalue weighted by Crippen LogP contribution is -2.00. The van der Waals surface area contributed by atoms with Crippen LogP contribution < -0.4 is 0 Å². The lowest BCUT2D eigenvalue weighted by atomic mass is 10.1. The van der Waals surface area contributed by atoms with E-state index in [1.165, 1.54) is 18.2 Å². The Morgan fingerprint density at radius 2 is 2.21 bits per heavy atom. The van der Waals surface area contributed by atoms with Crippen molar-refractivity contribution < 1.29 is 15.1 Å². The highest BCUT2D eigenvalue weighted by Gasteiger charge is 2.11. The molecule has 76 valence electrons. The van der Waals surface area contributed by atoms with Crippen LogP contribution in [0.1, 0.15) is 18.1 Å². The third-order valence-corrected chi connectivity index (χ3v) is 1.87. The number of rotatable bonds is 4. The van der Waals surface area contributed by atoms with Gasteiger partial charge in [0.15, 0.2) is 0 Å². The quantitative estimate of drug-likeness (QED) is 0.557. The number of hydrogen-bond donors (Lipinski definition) is 2. The molecule has 0 radical (unpaired) electrons. The van der Waals surface area contributed by atoms with Crippen molar-refractivity contribution in [2.75, 3.05) is 6.61 Å². The summed E-state index contributed by atoms with van der Waals surface area (Å²) in [6, 6.07) is 5.76. The van der Waals surface area contributed by atoms with Crippen LogP contribution in [0, 0.1) is 10.1 Å². The maximum atomic E-state index is 10.4. The van der Waals surface area contributed by atoms with Gasteiger partial charge in [0.2, 0.25) is 0 Å². The van der Waals surface area contributed by atoms with E-state index in [9.17, 15) is 15.2 Å². The molecule has 5 nitrogen and oxygen atoms in total. The molecule has 0 amide bonds. The van der Waals surface area contributed by atoms with E-state index in [0.29, 0.717) is 5.56 Å². The van der Waals surface area contributed by atoms with Crippen LogP contribution >= 0.6 is 0 Å². The molecule has 0 fully saturated rings. The minimum absolute atomic E-state index is 0.0560. The highest BCUT2D eigenvalue weighted by Crippen LogP contribution is 2.20. The summed E-state index contributed by atoms with van der Waals surface area (Å²) in [7, 11) is 0. The Balaban J connectivity index is 2.87. The van der Waals surface area contributed by atoms with Gasteiger partial charge < -0.3 is 10.2 Å². The monoisotopic (exact) mass is 197 g/mol. The summed E-state index contributed by atoms with van der Waals surface area (Å²) in [5, 5.41) is 28.4. The maximum Gasteiger partial charge on any atom is 0.269 e. The molecule has 1 aromatic carbocycles. The van der Waals surface area contributed by atoms with Crippen molar-refractivity contribution in [1.29, 1.82) is 0 Å². The van der Waals surface area contributed by atoms with E-state index in [0.717, 1.165) is 0 Å². The molecule has 1 atom stereocenters. The van der Waals surface area contributed by atoms with Crippen LogP contribution in [0.25, 0.3) is 0 Å². The summed E-state index contributed by atoms with van der Waals surface area (Å²) in [6.07, 6.45) is -0.666. The molecule has 1 aromatic rings. The molecule has 1 unspecified atom stereocenters. The van der Waals surface area contributed by atoms with Crippen molar-refractivity contribution in [3.05, 3.63) is 39.9 Å². The van der Waals surface area contributed by atoms with Crippen molar-refractivity contribution in [2.24, 2.45) is 0 Å². The van der Waals surface area contributed by atoms with Crippen molar-refractivity contribution in [2.45, 2.75) is 12.5 Å². The first-order valence-corrected chi connectivity index (χ1v) is 4.18. The lowest BCUT2D eigenvalue weighted by molar-refractivity contribution is -0.385. The molecule has 5 heteroatoms. The number of nitro groups is 1. The largest absolute Gasteiger partial charge is 0.396 e. The van der Waals surface area contributed by atoms with E-state index in [1.807, 2.05) is 0 Å². The number of nitrogens with zero attached hydrogens (tertiary/aromatic N) is 1. The average molecular weight is 197 g/mol. The van der Waals surface area contributed by atoms with Crippen molar-refractivity contribution >= 4 is 5.69 Å². The SMILES string of the molecule is O=[N+]([O-])c1cccc(C(O)CCO)c1. The molecule has 0 aliphatic rings. The first-order chi connectivity index (χ1) is 6.65. The lowest BCUT2D eigenvalue weighted by Gasteiger charge is -2.08. The summed E-state index contributed by atoms with van der Waals surface area (Å²) in [5.41, 5.74) is 0.396. The zero-order chi connectivity index (χ0) is 10.6. The van der Waals surface area contributed by atoms with Crippen molar-refractivity contribution in [1.82, 2.24) is 0 Å². The predicted octanol–water partition coefficient (Wildman–Crippen LogP) is 1.01. The van der Waals surface area contributed by atoms with Gasteiger partial charge in [-0.25, -0.2) is 0 Å². The fourth-order valence-corrected chi connectivity index (χ4v) is 1.13. The average Bonchev–Trinajstić information content (AvgIpc) is 2.18. The Bertz CT molecular complexity index is 326. The van der Waals surface area contributed by atoms with Crippen LogP contribution in [-0.2, 0) is 0 Å². The number of nitro benzene ring substituents is 1. The standard InChI is InChI=1S/C9H11NO4/c11-5-4-9(12)7-2-1-3-8(6-7)10(13)14/h1-3,6,9,11-12H,4-5H2. The first kappa shape index (κ1) is 10.6. The van der Waals surface area contributed by atoms with Crippen molar-refractivity contribution in [3.8, 4) is 0 Å². The normalized spacial score (nSPS) is 12.4. The third-order valence-electron chi connectivity index (χ3n) is 1.87. The summed E-state index contributed by atoms with van der Waals surface area (Å²) in [6.45, 7) is -0.149. The topological polar surface area (TPSA) is 83.6 Å². The molecule has 0 spiro atoms. The van der Waals surface area contributed by atoms with Gasteiger partial charge in [0, 0.05) is 25.2 Å². The molecule has 14 heavy (non-hydrogen) atoms. The van der Waals surface area contributed by atoms with Gasteiger partial charge in [-0.05, 0) is 5.56 Å². The van der Waals surface area contributed by atoms with Gasteiger partial charge in [-0.1, -0.05) is 12.1 Å². The van der Waals surface area contributed by atoms with E-state index in [-0.39, 0.29) is 18.7 Å². The van der Waals surface area contributed by atoms with Gasteiger partial charge in [-0.3, -0.25) is 10.1 Å². The van der Waals surface area contributed by atoms with E-state index in [1.54, 1.807) is 6.07 Å². The second-order valence-electron chi connectivity index (χ2n) is 2.88. The van der Waals surface area contributed by atoms with Crippen LogP contribution in [0.2, 0.25) is 0 Å². The Morgan fingerprint density at radius 3 is 2.79 bits per heavy atom. The van der Waals surface area contributed by atoms with E-state index < -0.39 is 11.0 Å². The molecule has 0 aliphatic heterocycles. The third kappa shape index (κ3) is 2.51. The zero-order valence-corrected chi connectivity index (χ0v) is 7.46. The highest BCUT2D eigenvalue weighted by molar-refractivity contribution is 5.35. The van der Waals surface area contributed by atoms with Crippen LogP contribution in [0.4, 0.5) is 5.69 Å². The van der Waals surface area contributed by atoms with Crippen LogP contribution in [-0.4, -0.2) is 21.7 Å². The number of aliphatic hydroxyl groups excluding tert-OH is 2. The molecule has 2 N–H and O–H groups in total. The Kier molecular flexibility index (Phi) is 3.55. The van der Waals surface area contributed by atoms with Gasteiger partial charge in [0.25, 0.3) is 5.69 Å². The summed E-state index contributed by atoms with van der Waals surface area (Å²) in [4.78, 5) is 9.89. The molecule has 1 rings (SSSR count). The fourth-order valence-electron chi connectivity index (χ4n) is 1.13. The molecular formula is C9H11NO4. The second-order valence-corrected chi connectivity index (χ2v) is 2.88. The smallest absolute Gasteiger partial charge is 0.269 e. The Labute approximate surface area is 80.8 Å². The fraction of sp³-hybridized carbons (Fsp3) is 0.333. The Hall–Kier alpha value is -1.46. The van der Waals surface area contributed by atoms with E-state index in [2.05, 4.69) is 0 Å². The molecular weight excluding hydrogens is 186 g/mol. The minimum atomic E-state index is -0.847. The molecule has 0 bridgehead atoms. The van der Waals surface area contributed by atoms with Crippen molar-refractivity contribution in [3.63, 3.8) is 0 Å². The molecule has 0 heterocycles. The molecule has 0 aromatic heterocycles. The summed E-state index contributed by atoms with van der Waals surface area (Å²) >= 11 is 0. The second kappa shape index (κ2) is 4.69. The highest BCUT2D eigenvalue weighted by atomic mass is 16.6. The van der Waals surface area contributed by atoms with Crippen LogP contribution in [0.5, 0.6) is 0 Å². The number of non-ortho nitro benzene ring substituents is 1. The summed E-state index contributed by atoms with van der Waals surface area (Å²) < 4.78 is 0. The first-order valence-electron chi connectivity index (χ1n) is 4.18. The van der Waals surface area contributed by atoms with Gasteiger partial charge >= 0.3 is 0 Å². The molecule has 0 saturated carbocycles. The zero-order valence-electron chi connectivity index (χ0n) is 7.46. The number of benzene rings is 1. The maximum absolute atomic E-state index is 10.4. The minimum Gasteiger partial charge on any atom is -0.396 e. The predicted molar refractivity (Wildman–Crippen MR) is 49.8 cm³/mol. The summed E-state index contributed by atoms with van der Waals surface area (Å²) in [5.74, 6) is 0. The van der Waals surface area contributed by atoms with Crippen LogP contribution in [0.3, 0.4) is 0 Å². The number of aliphatic hydroxyl groups is 2. The number of hydrogen-bond acceptors (Lipinski definition) is 4. The molecule has 0 saturated heterocycles. The van der Waals surface area contributed by atoms with Gasteiger partial charge in [-0.2, -0.15) is 0 Å². The van der Waals surface area contributed by atoms with Crippen LogP contribution in [0.15, 0.2) is 24.3 Å².